The van der Waals surface area contributed by atoms with Gasteiger partial charge >= 0.3 is 0 Å². The van der Waals surface area contributed by atoms with E-state index in [1.54, 1.807) is 13.2 Å². The van der Waals surface area contributed by atoms with Crippen LogP contribution in [0, 0.1) is 5.82 Å². The Balaban J connectivity index is 1.38. The Morgan fingerprint density at radius 1 is 1.21 bits per heavy atom. The van der Waals surface area contributed by atoms with Gasteiger partial charge in [-0.05, 0) is 25.1 Å². The van der Waals surface area contributed by atoms with E-state index in [-0.39, 0.29) is 15.8 Å². The van der Waals surface area contributed by atoms with Crippen LogP contribution in [0.1, 0.15) is 18.7 Å². The van der Waals surface area contributed by atoms with Gasteiger partial charge in [-0.25, -0.2) is 17.8 Å². The summed E-state index contributed by atoms with van der Waals surface area (Å²) in [6.07, 6.45) is 4.47. The van der Waals surface area contributed by atoms with Crippen molar-refractivity contribution in [3.8, 4) is 17.0 Å². The Kier molecular flexibility index (Phi) is 6.72. The van der Waals surface area contributed by atoms with Crippen LogP contribution >= 0.6 is 23.2 Å². The van der Waals surface area contributed by atoms with Crippen molar-refractivity contribution < 1.29 is 17.5 Å². The lowest BCUT2D eigenvalue weighted by Gasteiger charge is -2.52. The molecule has 0 amide bonds. The predicted molar refractivity (Wildman–Crippen MR) is 144 cm³/mol. The molecule has 0 aliphatic carbocycles. The topological polar surface area (TPSA) is 130 Å². The molecule has 1 fully saturated rings. The second-order valence-electron chi connectivity index (χ2n) is 9.44. The first-order chi connectivity index (χ1) is 17.9. The van der Waals surface area contributed by atoms with Crippen LogP contribution in [0.3, 0.4) is 0 Å². The van der Waals surface area contributed by atoms with Gasteiger partial charge in [-0.3, -0.25) is 15.8 Å². The monoisotopic (exact) mass is 579 g/mol. The summed E-state index contributed by atoms with van der Waals surface area (Å²) < 4.78 is 45.8. The molecule has 0 radical (unpaired) electrons. The van der Waals surface area contributed by atoms with Crippen LogP contribution in [-0.4, -0.2) is 64.8 Å². The number of nitrogens with zero attached hydrogens (tertiary/aromatic N) is 5. The third-order valence-corrected chi connectivity index (χ3v) is 8.75. The van der Waals surface area contributed by atoms with Crippen molar-refractivity contribution >= 4 is 49.9 Å². The van der Waals surface area contributed by atoms with Gasteiger partial charge in [0.2, 0.25) is 10.0 Å². The summed E-state index contributed by atoms with van der Waals surface area (Å²) in [6.45, 7) is 2.93. The van der Waals surface area contributed by atoms with E-state index in [1.165, 1.54) is 35.1 Å². The molecule has 1 saturated heterocycles. The first kappa shape index (κ1) is 26.6. The maximum absolute atomic E-state index is 14.8. The number of ether oxygens (including phenoxy) is 1. The maximum atomic E-state index is 14.8. The highest BCUT2D eigenvalue weighted by Gasteiger charge is 2.46. The number of fused-ring (bicyclic) bond motifs is 1. The van der Waals surface area contributed by atoms with Crippen molar-refractivity contribution in [2.45, 2.75) is 18.7 Å². The van der Waals surface area contributed by atoms with Crippen LogP contribution in [0.5, 0.6) is 5.75 Å². The summed E-state index contributed by atoms with van der Waals surface area (Å²) in [5.74, 6) is -0.0334. The highest BCUT2D eigenvalue weighted by Crippen LogP contribution is 2.36. The molecule has 0 bridgehead atoms. The highest BCUT2D eigenvalue weighted by atomic mass is 35.5. The number of halogens is 3. The molecule has 38 heavy (non-hydrogen) atoms. The lowest BCUT2D eigenvalue weighted by atomic mass is 9.92. The summed E-state index contributed by atoms with van der Waals surface area (Å²) >= 11 is 12.3. The quantitative estimate of drug-likeness (QED) is 0.314. The predicted octanol–water partition coefficient (Wildman–Crippen LogP) is 3.97. The van der Waals surface area contributed by atoms with Gasteiger partial charge in [-0.15, -0.1) is 0 Å². The number of nitrogens with one attached hydrogen (secondary N) is 1. The Hall–Kier alpha value is -3.03. The Morgan fingerprint density at radius 2 is 1.89 bits per heavy atom. The van der Waals surface area contributed by atoms with Gasteiger partial charge in [0.05, 0.1) is 27.4 Å². The van der Waals surface area contributed by atoms with E-state index in [1.807, 2.05) is 24.0 Å². The molecule has 1 atom stereocenters. The summed E-state index contributed by atoms with van der Waals surface area (Å²) in [6, 6.07) is 6.45. The second-order valence-corrected chi connectivity index (χ2v) is 12.3. The molecule has 10 nitrogen and oxygen atoms in total. The van der Waals surface area contributed by atoms with Gasteiger partial charge in [-0.2, -0.15) is 9.40 Å². The zero-order valence-corrected chi connectivity index (χ0v) is 22.9. The van der Waals surface area contributed by atoms with Crippen molar-refractivity contribution in [3.05, 3.63) is 64.3 Å². The van der Waals surface area contributed by atoms with E-state index in [0.29, 0.717) is 46.6 Å². The molecule has 1 aliphatic heterocycles. The Bertz CT molecular complexity index is 1610. The molecule has 200 valence electrons. The van der Waals surface area contributed by atoms with Crippen molar-refractivity contribution in [1.82, 2.24) is 24.5 Å². The van der Waals surface area contributed by atoms with Crippen molar-refractivity contribution in [3.63, 3.8) is 0 Å². The first-order valence-electron chi connectivity index (χ1n) is 11.4. The minimum absolute atomic E-state index is 0.101. The van der Waals surface area contributed by atoms with Gasteiger partial charge in [0.15, 0.2) is 17.8 Å². The highest BCUT2D eigenvalue weighted by molar-refractivity contribution is 7.88. The third kappa shape index (κ3) is 4.78. The minimum atomic E-state index is -3.30. The molecule has 4 heterocycles. The molecule has 1 aliphatic rings. The minimum Gasteiger partial charge on any atom is -0.468 e. The summed E-state index contributed by atoms with van der Waals surface area (Å²) in [4.78, 5) is 10.4. The molecule has 0 spiro atoms. The number of pyridine rings is 2. The van der Waals surface area contributed by atoms with E-state index in [0.717, 1.165) is 0 Å². The van der Waals surface area contributed by atoms with E-state index >= 15 is 0 Å². The third-order valence-electron chi connectivity index (χ3n) is 6.71. The summed E-state index contributed by atoms with van der Waals surface area (Å²) in [5, 5.41) is 8.17. The zero-order valence-electron chi connectivity index (χ0n) is 20.6. The van der Waals surface area contributed by atoms with Crippen LogP contribution in [0.25, 0.3) is 22.2 Å². The average molecular weight is 580 g/mol. The number of benzene rings is 1. The normalized spacial score (nSPS) is 16.1. The second kappa shape index (κ2) is 9.62. The van der Waals surface area contributed by atoms with E-state index in [2.05, 4.69) is 20.2 Å². The fraction of sp³-hybridized carbons (Fsp3) is 0.292. The number of sulfonamides is 1. The van der Waals surface area contributed by atoms with Gasteiger partial charge in [-0.1, -0.05) is 23.2 Å². The van der Waals surface area contributed by atoms with Crippen LogP contribution in [0.15, 0.2) is 42.9 Å². The molecule has 14 heteroatoms. The van der Waals surface area contributed by atoms with Crippen LogP contribution in [0.2, 0.25) is 10.0 Å². The summed E-state index contributed by atoms with van der Waals surface area (Å²) in [5.41, 5.74) is 7.62. The smallest absolute Gasteiger partial charge is 0.211 e. The zero-order chi connectivity index (χ0) is 27.4. The molecule has 5 rings (SSSR count). The largest absolute Gasteiger partial charge is 0.468 e. The molecule has 3 N–H and O–H groups in total. The van der Waals surface area contributed by atoms with E-state index < -0.39 is 27.6 Å². The van der Waals surface area contributed by atoms with E-state index in [4.69, 9.17) is 33.7 Å². The molecular weight excluding hydrogens is 556 g/mol. The SMILES string of the molecule is CN(C1(C)CN(c2ccc(-c3n[nH]c4cc(F)c(O[C@H](N)c5c(Cl)cncc5Cl)cc34)cn2)C1)S(C)(=O)=O. The molecule has 0 saturated carbocycles. The Morgan fingerprint density at radius 3 is 2.50 bits per heavy atom. The molecule has 0 unspecified atom stereocenters. The number of nitrogens with two attached hydrogens (primary N) is 1. The fourth-order valence-corrected chi connectivity index (χ4v) is 5.96. The molecular formula is C24H24Cl2FN7O3S. The molecule has 3 aromatic heterocycles. The lowest BCUT2D eigenvalue weighted by Crippen LogP contribution is -2.68. The van der Waals surface area contributed by atoms with Crippen molar-refractivity contribution in [2.75, 3.05) is 31.3 Å². The van der Waals surface area contributed by atoms with Crippen LogP contribution in [-0.2, 0) is 10.0 Å². The number of rotatable bonds is 7. The van der Waals surface area contributed by atoms with Gasteiger partial charge in [0.1, 0.15) is 11.5 Å². The van der Waals surface area contributed by atoms with Crippen molar-refractivity contribution in [1.29, 1.82) is 0 Å². The standard InChI is InChI=1S/C24H24Cl2FN7O3S/c1-24(33(2)38(3,35)36)11-34(12-24)20-5-4-13(8-30-20)22-14-6-19(17(27)7-18(14)31-32-22)37-23(28)21-15(25)9-29-10-16(21)26/h4-10,23H,11-12,28H2,1-3H3,(H,31,32)/t23-/m0/s1. The summed E-state index contributed by atoms with van der Waals surface area (Å²) in [7, 11) is -1.72. The first-order valence-corrected chi connectivity index (χ1v) is 14.0. The van der Waals surface area contributed by atoms with Crippen LogP contribution < -0.4 is 15.4 Å². The average Bonchev–Trinajstić information content (AvgIpc) is 3.23. The number of hydrogen-bond acceptors (Lipinski definition) is 8. The number of hydrogen-bond donors (Lipinski definition) is 2. The number of aromatic amines is 1. The number of likely N-dealkylation sites (N-methyl/N-ethyl adjacent to an activating group) is 1. The number of H-pyrrole nitrogens is 1. The number of anilines is 1. The van der Waals surface area contributed by atoms with Crippen LogP contribution in [0.4, 0.5) is 10.2 Å². The van der Waals surface area contributed by atoms with E-state index in [9.17, 15) is 12.8 Å². The number of aromatic nitrogens is 4. The van der Waals surface area contributed by atoms with Gasteiger partial charge in [0, 0.05) is 61.3 Å². The van der Waals surface area contributed by atoms with Gasteiger partial charge < -0.3 is 9.64 Å². The lowest BCUT2D eigenvalue weighted by molar-refractivity contribution is 0.189. The fourth-order valence-electron chi connectivity index (χ4n) is 4.47. The molecule has 4 aromatic rings. The maximum Gasteiger partial charge on any atom is 0.211 e. The van der Waals surface area contributed by atoms with Crippen molar-refractivity contribution in [2.24, 2.45) is 5.73 Å². The molecule has 1 aromatic carbocycles. The van der Waals surface area contributed by atoms with Gasteiger partial charge in [0.25, 0.3) is 0 Å². The Labute approximate surface area is 228 Å².